The van der Waals surface area contributed by atoms with Gasteiger partial charge in [-0.1, -0.05) is 44.2 Å². The molecule has 0 saturated heterocycles. The molecule has 110 valence electrons. The Morgan fingerprint density at radius 2 is 2.05 bits per heavy atom. The van der Waals surface area contributed by atoms with Crippen LogP contribution >= 0.6 is 0 Å². The first-order valence-corrected chi connectivity index (χ1v) is 7.32. The highest BCUT2D eigenvalue weighted by atomic mass is 16.2. The average molecular weight is 284 g/mol. The van der Waals surface area contributed by atoms with Crippen molar-refractivity contribution in [3.8, 4) is 0 Å². The van der Waals surface area contributed by atoms with Crippen molar-refractivity contribution < 1.29 is 4.79 Å². The van der Waals surface area contributed by atoms with E-state index in [0.29, 0.717) is 12.5 Å². The van der Waals surface area contributed by atoms with E-state index in [-0.39, 0.29) is 17.1 Å². The lowest BCUT2D eigenvalue weighted by molar-refractivity contribution is 0.0935. The molecule has 1 fully saturated rings. The maximum absolute atomic E-state index is 12.1. The highest BCUT2D eigenvalue weighted by Gasteiger charge is 2.28. The highest BCUT2D eigenvalue weighted by molar-refractivity contribution is 5.90. The number of H-pyrrole nitrogens is 1. The van der Waals surface area contributed by atoms with E-state index >= 15 is 0 Å². The second kappa shape index (κ2) is 5.31. The Morgan fingerprint density at radius 1 is 1.33 bits per heavy atom. The zero-order chi connectivity index (χ0) is 14.9. The second-order valence-electron chi connectivity index (χ2n) is 6.25. The summed E-state index contributed by atoms with van der Waals surface area (Å²) < 4.78 is 0. The monoisotopic (exact) mass is 284 g/mol. The Balaban J connectivity index is 1.62. The largest absolute Gasteiger partial charge is 0.348 e. The molecule has 2 aromatic rings. The van der Waals surface area contributed by atoms with E-state index in [0.717, 1.165) is 18.7 Å². The summed E-state index contributed by atoms with van der Waals surface area (Å²) >= 11 is 0. The number of nitrogens with one attached hydrogen (secondary N) is 2. The normalized spacial score (nSPS) is 15.0. The standard InChI is InChI=1S/C16H20N4O/c1-16(2,12-6-4-3-5-7-12)10-17-15(21)14-18-13(19-20-14)11-8-9-11/h3-7,11H,8-10H2,1-2H3,(H,17,21)(H,18,19,20). The first-order valence-electron chi connectivity index (χ1n) is 7.32. The summed E-state index contributed by atoms with van der Waals surface area (Å²) in [5.74, 6) is 1.32. The third kappa shape index (κ3) is 3.12. The maximum Gasteiger partial charge on any atom is 0.290 e. The molecule has 5 nitrogen and oxygen atoms in total. The van der Waals surface area contributed by atoms with Crippen LogP contribution < -0.4 is 5.32 Å². The number of aromatic nitrogens is 3. The number of rotatable bonds is 5. The molecular formula is C16H20N4O. The van der Waals surface area contributed by atoms with Crippen LogP contribution in [-0.2, 0) is 5.41 Å². The van der Waals surface area contributed by atoms with Crippen LogP contribution in [0.15, 0.2) is 30.3 Å². The van der Waals surface area contributed by atoms with Crippen LogP contribution in [0.5, 0.6) is 0 Å². The minimum absolute atomic E-state index is 0.132. The summed E-state index contributed by atoms with van der Waals surface area (Å²) in [6.45, 7) is 4.76. The molecule has 1 aromatic heterocycles. The lowest BCUT2D eigenvalue weighted by atomic mass is 9.84. The van der Waals surface area contributed by atoms with Crippen LogP contribution in [0.25, 0.3) is 0 Å². The lowest BCUT2D eigenvalue weighted by Gasteiger charge is -2.25. The Morgan fingerprint density at radius 3 is 2.71 bits per heavy atom. The van der Waals surface area contributed by atoms with Gasteiger partial charge in [-0.2, -0.15) is 0 Å². The Hall–Kier alpha value is -2.17. The number of amides is 1. The molecule has 1 amide bonds. The number of aromatic amines is 1. The summed E-state index contributed by atoms with van der Waals surface area (Å²) in [5, 5.41) is 9.78. The fourth-order valence-electron chi connectivity index (χ4n) is 2.29. The van der Waals surface area contributed by atoms with Crippen molar-refractivity contribution in [1.29, 1.82) is 0 Å². The summed E-state index contributed by atoms with van der Waals surface area (Å²) in [4.78, 5) is 16.4. The number of hydrogen-bond donors (Lipinski definition) is 2. The van der Waals surface area contributed by atoms with Crippen LogP contribution in [0.1, 0.15) is 54.6 Å². The second-order valence-corrected chi connectivity index (χ2v) is 6.25. The number of hydrogen-bond acceptors (Lipinski definition) is 3. The molecular weight excluding hydrogens is 264 g/mol. The van der Waals surface area contributed by atoms with Gasteiger partial charge in [0.05, 0.1) is 0 Å². The van der Waals surface area contributed by atoms with E-state index in [4.69, 9.17) is 0 Å². The quantitative estimate of drug-likeness (QED) is 0.885. The smallest absolute Gasteiger partial charge is 0.290 e. The predicted octanol–water partition coefficient (Wildman–Crippen LogP) is 2.39. The van der Waals surface area contributed by atoms with Gasteiger partial charge in [-0.25, -0.2) is 4.98 Å². The molecule has 0 aliphatic heterocycles. The van der Waals surface area contributed by atoms with Crippen LogP contribution in [0.3, 0.4) is 0 Å². The van der Waals surface area contributed by atoms with Gasteiger partial charge < -0.3 is 5.32 Å². The summed E-state index contributed by atoms with van der Waals surface area (Å²) in [6.07, 6.45) is 2.27. The number of carbonyl (C=O) groups excluding carboxylic acids is 1. The fourth-order valence-corrected chi connectivity index (χ4v) is 2.29. The average Bonchev–Trinajstić information content (AvgIpc) is 3.23. The molecule has 21 heavy (non-hydrogen) atoms. The van der Waals surface area contributed by atoms with Gasteiger partial charge >= 0.3 is 0 Å². The molecule has 1 saturated carbocycles. The predicted molar refractivity (Wildman–Crippen MR) is 80.2 cm³/mol. The van der Waals surface area contributed by atoms with Gasteiger partial charge in [0.25, 0.3) is 5.91 Å². The Bertz CT molecular complexity index is 629. The van der Waals surface area contributed by atoms with E-state index < -0.39 is 0 Å². The number of benzene rings is 1. The molecule has 0 radical (unpaired) electrons. The zero-order valence-electron chi connectivity index (χ0n) is 12.4. The van der Waals surface area contributed by atoms with Gasteiger partial charge in [0.1, 0.15) is 5.82 Å². The van der Waals surface area contributed by atoms with Crippen molar-refractivity contribution in [2.75, 3.05) is 6.54 Å². The van der Waals surface area contributed by atoms with Crippen LogP contribution in [0.4, 0.5) is 0 Å². The summed E-state index contributed by atoms with van der Waals surface area (Å²) in [5.41, 5.74) is 1.06. The van der Waals surface area contributed by atoms with Gasteiger partial charge in [-0.05, 0) is 18.4 Å². The Kier molecular flexibility index (Phi) is 3.49. The van der Waals surface area contributed by atoms with Gasteiger partial charge in [0.15, 0.2) is 0 Å². The Labute approximate surface area is 124 Å². The highest BCUT2D eigenvalue weighted by Crippen LogP contribution is 2.37. The van der Waals surface area contributed by atoms with Gasteiger partial charge in [-0.3, -0.25) is 9.89 Å². The molecule has 3 rings (SSSR count). The van der Waals surface area contributed by atoms with Gasteiger partial charge in [0, 0.05) is 17.9 Å². The third-order valence-electron chi connectivity index (χ3n) is 3.92. The van der Waals surface area contributed by atoms with Crippen molar-refractivity contribution in [1.82, 2.24) is 20.5 Å². The van der Waals surface area contributed by atoms with Crippen LogP contribution in [-0.4, -0.2) is 27.6 Å². The van der Waals surface area contributed by atoms with Crippen molar-refractivity contribution in [3.05, 3.63) is 47.5 Å². The van der Waals surface area contributed by atoms with Crippen LogP contribution in [0.2, 0.25) is 0 Å². The first-order chi connectivity index (χ1) is 10.1. The molecule has 1 aliphatic rings. The third-order valence-corrected chi connectivity index (χ3v) is 3.92. The molecule has 0 bridgehead atoms. The zero-order valence-corrected chi connectivity index (χ0v) is 12.4. The molecule has 2 N–H and O–H groups in total. The number of carbonyl (C=O) groups is 1. The minimum Gasteiger partial charge on any atom is -0.348 e. The summed E-state index contributed by atoms with van der Waals surface area (Å²) in [7, 11) is 0. The number of nitrogens with zero attached hydrogens (tertiary/aromatic N) is 2. The lowest BCUT2D eigenvalue weighted by Crippen LogP contribution is -2.37. The first kappa shape index (κ1) is 13.8. The molecule has 5 heteroatoms. The summed E-state index contributed by atoms with van der Waals surface area (Å²) in [6, 6.07) is 10.2. The molecule has 1 heterocycles. The van der Waals surface area contributed by atoms with Crippen molar-refractivity contribution >= 4 is 5.91 Å². The minimum atomic E-state index is -0.220. The van der Waals surface area contributed by atoms with Crippen LogP contribution in [0, 0.1) is 0 Å². The van der Waals surface area contributed by atoms with Crippen molar-refractivity contribution in [3.63, 3.8) is 0 Å². The molecule has 0 spiro atoms. The van der Waals surface area contributed by atoms with Gasteiger partial charge in [0.2, 0.25) is 5.82 Å². The van der Waals surface area contributed by atoms with E-state index in [1.54, 1.807) is 0 Å². The topological polar surface area (TPSA) is 70.7 Å². The van der Waals surface area contributed by atoms with Crippen molar-refractivity contribution in [2.45, 2.75) is 38.0 Å². The van der Waals surface area contributed by atoms with E-state index in [1.165, 1.54) is 5.56 Å². The van der Waals surface area contributed by atoms with E-state index in [2.05, 4.69) is 46.5 Å². The van der Waals surface area contributed by atoms with Crippen molar-refractivity contribution in [2.24, 2.45) is 0 Å². The van der Waals surface area contributed by atoms with Gasteiger partial charge in [-0.15, -0.1) is 5.10 Å². The molecule has 1 aliphatic carbocycles. The molecule has 1 aromatic carbocycles. The van der Waals surface area contributed by atoms with E-state index in [1.807, 2.05) is 18.2 Å². The maximum atomic E-state index is 12.1. The van der Waals surface area contributed by atoms with E-state index in [9.17, 15) is 4.79 Å². The molecule has 0 unspecified atom stereocenters. The SMILES string of the molecule is CC(C)(CNC(=O)c1n[nH]c(C2CC2)n1)c1ccccc1. The fraction of sp³-hybridized carbons (Fsp3) is 0.438. The molecule has 0 atom stereocenters.